The van der Waals surface area contributed by atoms with Gasteiger partial charge in [0.05, 0.1) is 45.1 Å². The Morgan fingerprint density at radius 1 is 1.03 bits per heavy atom. The average molecular weight is 502 g/mol. The highest BCUT2D eigenvalue weighted by atomic mass is 16.8. The summed E-state index contributed by atoms with van der Waals surface area (Å²) in [4.78, 5) is 17.4. The van der Waals surface area contributed by atoms with Crippen molar-refractivity contribution >= 4 is 6.16 Å². The summed E-state index contributed by atoms with van der Waals surface area (Å²) in [5, 5.41) is 12.3. The van der Waals surface area contributed by atoms with E-state index in [9.17, 15) is 9.90 Å². The smallest absolute Gasteiger partial charge is 0.494 e. The van der Waals surface area contributed by atoms with E-state index in [-0.39, 0.29) is 18.6 Å². The predicted molar refractivity (Wildman–Crippen MR) is 136 cm³/mol. The summed E-state index contributed by atoms with van der Waals surface area (Å²) in [5.74, 6) is 0.499. The molecule has 8 nitrogen and oxygen atoms in total. The van der Waals surface area contributed by atoms with Gasteiger partial charge < -0.3 is 28.9 Å². The van der Waals surface area contributed by atoms with Gasteiger partial charge in [-0.05, 0) is 51.0 Å². The highest BCUT2D eigenvalue weighted by Crippen LogP contribution is 2.32. The van der Waals surface area contributed by atoms with Crippen molar-refractivity contribution in [3.63, 3.8) is 0 Å². The van der Waals surface area contributed by atoms with Gasteiger partial charge in [0, 0.05) is 18.9 Å². The maximum atomic E-state index is 12.1. The van der Waals surface area contributed by atoms with E-state index in [1.807, 2.05) is 61.5 Å². The van der Waals surface area contributed by atoms with Crippen LogP contribution in [-0.2, 0) is 25.7 Å². The molecule has 0 amide bonds. The summed E-state index contributed by atoms with van der Waals surface area (Å²) in [6, 6.07) is 17.8. The van der Waals surface area contributed by atoms with Crippen LogP contribution in [0.25, 0.3) is 0 Å². The Kier molecular flexibility index (Phi) is 10.6. The molecule has 198 valence electrons. The van der Waals surface area contributed by atoms with E-state index in [1.54, 1.807) is 20.8 Å². The second-order valence-corrected chi connectivity index (χ2v) is 9.80. The standard InChI is InChI=1S/C28H39NO7/c1-5-33-25-19-29(36-27(31)35-28(2,3)4)18-24(30)26(25)22-12-14-23(15-13-22)34-17-9-16-32-20-21-10-7-6-8-11-21/h6-8,10-15,24-26,30H,5,9,16-20H2,1-4H3/t24-,25+,26+/m0/s1. The van der Waals surface area contributed by atoms with Crippen molar-refractivity contribution in [1.82, 2.24) is 5.06 Å². The van der Waals surface area contributed by atoms with Crippen LogP contribution in [0, 0.1) is 0 Å². The van der Waals surface area contributed by atoms with Crippen LogP contribution in [0.15, 0.2) is 54.6 Å². The molecule has 36 heavy (non-hydrogen) atoms. The Morgan fingerprint density at radius 2 is 1.75 bits per heavy atom. The Hall–Kier alpha value is -2.65. The number of hydrogen-bond donors (Lipinski definition) is 1. The predicted octanol–water partition coefficient (Wildman–Crippen LogP) is 4.70. The second kappa shape index (κ2) is 13.6. The Balaban J connectivity index is 1.47. The first kappa shape index (κ1) is 27.9. The molecule has 0 aliphatic carbocycles. The molecule has 1 fully saturated rings. The number of carbonyl (C=O) groups is 1. The van der Waals surface area contributed by atoms with Crippen molar-refractivity contribution in [2.75, 3.05) is 32.9 Å². The van der Waals surface area contributed by atoms with Crippen molar-refractivity contribution < 1.29 is 33.7 Å². The number of piperidine rings is 1. The fourth-order valence-corrected chi connectivity index (χ4v) is 4.12. The molecule has 2 aromatic carbocycles. The first-order valence-electron chi connectivity index (χ1n) is 12.5. The van der Waals surface area contributed by atoms with Crippen molar-refractivity contribution in [2.45, 2.75) is 64.4 Å². The number of hydroxylamine groups is 2. The maximum absolute atomic E-state index is 12.1. The lowest BCUT2D eigenvalue weighted by atomic mass is 9.85. The number of aliphatic hydroxyl groups excluding tert-OH is 1. The molecule has 0 unspecified atom stereocenters. The van der Waals surface area contributed by atoms with Gasteiger partial charge in [0.2, 0.25) is 0 Å². The van der Waals surface area contributed by atoms with Gasteiger partial charge in [-0.15, -0.1) is 5.06 Å². The van der Waals surface area contributed by atoms with Crippen LogP contribution >= 0.6 is 0 Å². The van der Waals surface area contributed by atoms with E-state index in [1.165, 1.54) is 5.06 Å². The summed E-state index contributed by atoms with van der Waals surface area (Å²) < 4.78 is 22.7. The van der Waals surface area contributed by atoms with Gasteiger partial charge in [0.1, 0.15) is 11.4 Å². The van der Waals surface area contributed by atoms with Crippen LogP contribution in [-0.4, -0.2) is 67.0 Å². The molecule has 1 heterocycles. The Morgan fingerprint density at radius 3 is 2.42 bits per heavy atom. The van der Waals surface area contributed by atoms with E-state index >= 15 is 0 Å². The molecule has 1 N–H and O–H groups in total. The summed E-state index contributed by atoms with van der Waals surface area (Å²) in [5.41, 5.74) is 1.44. The lowest BCUT2D eigenvalue weighted by Crippen LogP contribution is -2.52. The average Bonchev–Trinajstić information content (AvgIpc) is 2.81. The maximum Gasteiger partial charge on any atom is 0.528 e. The van der Waals surface area contributed by atoms with Crippen LogP contribution < -0.4 is 4.74 Å². The number of β-amino-alcohol motifs (C(OH)–C–C–N with tert-alkyl or cyclic N) is 1. The van der Waals surface area contributed by atoms with Gasteiger partial charge in [-0.25, -0.2) is 4.79 Å². The first-order valence-corrected chi connectivity index (χ1v) is 12.5. The number of nitrogens with zero attached hydrogens (tertiary/aromatic N) is 1. The number of ether oxygens (including phenoxy) is 4. The number of rotatable bonds is 11. The Labute approximate surface area is 214 Å². The zero-order valence-electron chi connectivity index (χ0n) is 21.7. The van der Waals surface area contributed by atoms with Crippen LogP contribution in [0.5, 0.6) is 5.75 Å². The molecule has 8 heteroatoms. The molecule has 1 aliphatic heterocycles. The van der Waals surface area contributed by atoms with E-state index in [4.69, 9.17) is 23.8 Å². The van der Waals surface area contributed by atoms with Crippen molar-refractivity contribution in [3.8, 4) is 5.75 Å². The van der Waals surface area contributed by atoms with Gasteiger partial charge in [-0.1, -0.05) is 42.5 Å². The molecule has 0 aromatic heterocycles. The first-order chi connectivity index (χ1) is 17.2. The lowest BCUT2D eigenvalue weighted by molar-refractivity contribution is -0.198. The van der Waals surface area contributed by atoms with Crippen molar-refractivity contribution in [3.05, 3.63) is 65.7 Å². The number of benzene rings is 2. The van der Waals surface area contributed by atoms with Gasteiger partial charge in [0.25, 0.3) is 0 Å². The zero-order valence-corrected chi connectivity index (χ0v) is 21.7. The summed E-state index contributed by atoms with van der Waals surface area (Å²) in [7, 11) is 0. The normalized spacial score (nSPS) is 20.6. The highest BCUT2D eigenvalue weighted by molar-refractivity contribution is 5.60. The number of aliphatic hydroxyl groups is 1. The highest BCUT2D eigenvalue weighted by Gasteiger charge is 2.39. The molecule has 0 radical (unpaired) electrons. The minimum atomic E-state index is -0.796. The van der Waals surface area contributed by atoms with E-state index < -0.39 is 17.9 Å². The number of carbonyl (C=O) groups excluding carboxylic acids is 1. The van der Waals surface area contributed by atoms with E-state index in [2.05, 4.69) is 0 Å². The molecule has 3 rings (SSSR count). The molecular weight excluding hydrogens is 462 g/mol. The van der Waals surface area contributed by atoms with Gasteiger partial charge in [0.15, 0.2) is 0 Å². The third-order valence-electron chi connectivity index (χ3n) is 5.64. The molecule has 3 atom stereocenters. The number of hydrogen-bond acceptors (Lipinski definition) is 8. The summed E-state index contributed by atoms with van der Waals surface area (Å²) in [6.45, 7) is 9.95. The zero-order chi connectivity index (χ0) is 26.0. The molecule has 0 saturated carbocycles. The monoisotopic (exact) mass is 501 g/mol. The van der Waals surface area contributed by atoms with Crippen molar-refractivity contribution in [2.24, 2.45) is 0 Å². The molecule has 1 saturated heterocycles. The third-order valence-corrected chi connectivity index (χ3v) is 5.64. The van der Waals surface area contributed by atoms with Gasteiger partial charge >= 0.3 is 6.16 Å². The molecule has 0 bridgehead atoms. The van der Waals surface area contributed by atoms with Crippen LogP contribution in [0.2, 0.25) is 0 Å². The summed E-state index contributed by atoms with van der Waals surface area (Å²) in [6.07, 6.45) is -1.15. The minimum absolute atomic E-state index is 0.161. The Bertz CT molecular complexity index is 914. The molecule has 0 spiro atoms. The third kappa shape index (κ3) is 9.09. The van der Waals surface area contributed by atoms with Crippen LogP contribution in [0.4, 0.5) is 4.79 Å². The van der Waals surface area contributed by atoms with E-state index in [0.717, 1.165) is 23.3 Å². The van der Waals surface area contributed by atoms with Crippen LogP contribution in [0.3, 0.4) is 0 Å². The molecular formula is C28H39NO7. The van der Waals surface area contributed by atoms with Crippen molar-refractivity contribution in [1.29, 1.82) is 0 Å². The fourth-order valence-electron chi connectivity index (χ4n) is 4.12. The topological polar surface area (TPSA) is 86.7 Å². The quantitative estimate of drug-likeness (QED) is 0.350. The SMILES string of the molecule is CCO[C@@H]1CN(OC(=O)OC(C)(C)C)C[C@H](O)[C@H]1c1ccc(OCCCOCc2ccccc2)cc1. The van der Waals surface area contributed by atoms with E-state index in [0.29, 0.717) is 33.0 Å². The van der Waals surface area contributed by atoms with Gasteiger partial charge in [-0.3, -0.25) is 0 Å². The van der Waals surface area contributed by atoms with Crippen LogP contribution in [0.1, 0.15) is 51.2 Å². The largest absolute Gasteiger partial charge is 0.528 e. The minimum Gasteiger partial charge on any atom is -0.494 e. The fraction of sp³-hybridized carbons (Fsp3) is 0.536. The van der Waals surface area contributed by atoms with Gasteiger partial charge in [-0.2, -0.15) is 0 Å². The molecule has 2 aromatic rings. The second-order valence-electron chi connectivity index (χ2n) is 9.80. The summed E-state index contributed by atoms with van der Waals surface area (Å²) >= 11 is 0. The lowest BCUT2D eigenvalue weighted by Gasteiger charge is -2.40. The molecule has 1 aliphatic rings.